The third-order valence-electron chi connectivity index (χ3n) is 4.59. The maximum atomic E-state index is 12.8. The lowest BCUT2D eigenvalue weighted by Crippen LogP contribution is -2.38. The van der Waals surface area contributed by atoms with Crippen LogP contribution in [0.15, 0.2) is 34.6 Å². The van der Waals surface area contributed by atoms with Gasteiger partial charge in [-0.15, -0.1) is 0 Å². The number of hydrogen-bond donors (Lipinski definition) is 3. The molecule has 1 aliphatic rings. The lowest BCUT2D eigenvalue weighted by atomic mass is 9.82. The van der Waals surface area contributed by atoms with E-state index in [0.29, 0.717) is 6.42 Å². The van der Waals surface area contributed by atoms with Gasteiger partial charge in [-0.25, -0.2) is 0 Å². The van der Waals surface area contributed by atoms with Crippen molar-refractivity contribution in [2.75, 3.05) is 6.61 Å². The Morgan fingerprint density at radius 3 is 2.32 bits per heavy atom. The molecule has 0 saturated heterocycles. The number of aliphatic hydroxyl groups is 3. The molecule has 0 unspecified atom stereocenters. The summed E-state index contributed by atoms with van der Waals surface area (Å²) in [6.45, 7) is 8.77. The predicted molar refractivity (Wildman–Crippen MR) is 97.1 cm³/mol. The van der Waals surface area contributed by atoms with Gasteiger partial charge in [0.25, 0.3) is 0 Å². The van der Waals surface area contributed by atoms with Gasteiger partial charge in [-0.05, 0) is 40.0 Å². The van der Waals surface area contributed by atoms with Crippen molar-refractivity contribution in [2.24, 2.45) is 11.8 Å². The standard InChI is InChI=1S/C20H30O5/c1-12(2)8-9-15-18(23)16(17(22)13(3)4)19(24)20(15,25)10-6-7-14(5)11-21/h7-8,13,15,21,24-25H,6,9-11H2,1-5H3/t15-,20-/m0/s1. The Balaban J connectivity index is 3.25. The zero-order valence-electron chi connectivity index (χ0n) is 15.8. The van der Waals surface area contributed by atoms with Crippen molar-refractivity contribution in [3.8, 4) is 0 Å². The lowest BCUT2D eigenvalue weighted by Gasteiger charge is -2.28. The van der Waals surface area contributed by atoms with Gasteiger partial charge in [-0.1, -0.05) is 37.1 Å². The van der Waals surface area contributed by atoms with Crippen molar-refractivity contribution < 1.29 is 24.9 Å². The first-order chi connectivity index (χ1) is 11.6. The van der Waals surface area contributed by atoms with Gasteiger partial charge in [0.15, 0.2) is 11.6 Å². The third-order valence-corrected chi connectivity index (χ3v) is 4.59. The smallest absolute Gasteiger partial charge is 0.176 e. The highest BCUT2D eigenvalue weighted by molar-refractivity contribution is 6.24. The first-order valence-corrected chi connectivity index (χ1v) is 8.70. The molecule has 0 bridgehead atoms. The number of hydrogen-bond acceptors (Lipinski definition) is 5. The van der Waals surface area contributed by atoms with Gasteiger partial charge >= 0.3 is 0 Å². The molecular formula is C20H30O5. The minimum atomic E-state index is -1.75. The number of Topliss-reactive ketones (excluding diaryl/α,β-unsaturated/α-hetero) is 2. The minimum Gasteiger partial charge on any atom is -0.508 e. The molecular weight excluding hydrogens is 320 g/mol. The largest absolute Gasteiger partial charge is 0.508 e. The van der Waals surface area contributed by atoms with Crippen molar-refractivity contribution >= 4 is 11.6 Å². The molecule has 0 heterocycles. The monoisotopic (exact) mass is 350 g/mol. The fourth-order valence-corrected chi connectivity index (χ4v) is 2.97. The van der Waals surface area contributed by atoms with Crippen molar-refractivity contribution in [1.29, 1.82) is 0 Å². The van der Waals surface area contributed by atoms with Gasteiger partial charge in [-0.2, -0.15) is 0 Å². The molecule has 0 aromatic carbocycles. The van der Waals surface area contributed by atoms with Crippen LogP contribution in [-0.4, -0.2) is 39.1 Å². The number of rotatable bonds is 8. The van der Waals surface area contributed by atoms with Crippen LogP contribution in [0.25, 0.3) is 0 Å². The highest BCUT2D eigenvalue weighted by Gasteiger charge is 2.54. The molecule has 1 aliphatic carbocycles. The molecule has 140 valence electrons. The van der Waals surface area contributed by atoms with E-state index in [1.54, 1.807) is 26.8 Å². The van der Waals surface area contributed by atoms with Crippen molar-refractivity contribution in [1.82, 2.24) is 0 Å². The van der Waals surface area contributed by atoms with Crippen LogP contribution in [0.5, 0.6) is 0 Å². The van der Waals surface area contributed by atoms with Crippen molar-refractivity contribution in [3.63, 3.8) is 0 Å². The highest BCUT2D eigenvalue weighted by Crippen LogP contribution is 2.43. The van der Waals surface area contributed by atoms with Crippen LogP contribution < -0.4 is 0 Å². The number of carbonyl (C=O) groups is 2. The predicted octanol–water partition coefficient (Wildman–Crippen LogP) is 3.03. The normalized spacial score (nSPS) is 24.2. The summed E-state index contributed by atoms with van der Waals surface area (Å²) in [6.07, 6.45) is 4.35. The molecule has 0 amide bonds. The van der Waals surface area contributed by atoms with Crippen LogP contribution >= 0.6 is 0 Å². The van der Waals surface area contributed by atoms with Gasteiger partial charge in [0, 0.05) is 5.92 Å². The summed E-state index contributed by atoms with van der Waals surface area (Å²) < 4.78 is 0. The van der Waals surface area contributed by atoms with E-state index < -0.39 is 34.8 Å². The SMILES string of the molecule is CC(C)=CC[C@H]1C(=O)C(C(=O)C(C)C)=C(O)[C@]1(O)CCC=C(C)CO. The zero-order valence-corrected chi connectivity index (χ0v) is 15.8. The molecule has 0 radical (unpaired) electrons. The Hall–Kier alpha value is -1.72. The lowest BCUT2D eigenvalue weighted by molar-refractivity contribution is -0.127. The van der Waals surface area contributed by atoms with E-state index in [0.717, 1.165) is 11.1 Å². The topological polar surface area (TPSA) is 94.8 Å². The van der Waals surface area contributed by atoms with Crippen LogP contribution in [0.4, 0.5) is 0 Å². The molecule has 1 rings (SSSR count). The minimum absolute atomic E-state index is 0.0859. The molecule has 5 nitrogen and oxygen atoms in total. The van der Waals surface area contributed by atoms with Crippen LogP contribution in [0.3, 0.4) is 0 Å². The second-order valence-electron chi connectivity index (χ2n) is 7.35. The third kappa shape index (κ3) is 4.67. The molecule has 0 fully saturated rings. The van der Waals surface area contributed by atoms with E-state index in [4.69, 9.17) is 5.11 Å². The van der Waals surface area contributed by atoms with E-state index in [2.05, 4.69) is 0 Å². The Bertz CT molecular complexity index is 620. The molecule has 3 N–H and O–H groups in total. The van der Waals surface area contributed by atoms with Crippen LogP contribution in [0.1, 0.15) is 53.9 Å². The second-order valence-corrected chi connectivity index (χ2v) is 7.35. The Morgan fingerprint density at radius 2 is 1.84 bits per heavy atom. The van der Waals surface area contributed by atoms with E-state index in [9.17, 15) is 19.8 Å². The molecule has 2 atom stereocenters. The summed E-state index contributed by atoms with van der Waals surface area (Å²) in [6, 6.07) is 0. The van der Waals surface area contributed by atoms with Gasteiger partial charge < -0.3 is 15.3 Å². The first kappa shape index (κ1) is 21.3. The number of carbonyl (C=O) groups excluding carboxylic acids is 2. The summed E-state index contributed by atoms with van der Waals surface area (Å²) >= 11 is 0. The van der Waals surface area contributed by atoms with Gasteiger partial charge in [-0.3, -0.25) is 9.59 Å². The maximum absolute atomic E-state index is 12.8. The van der Waals surface area contributed by atoms with Crippen molar-refractivity contribution in [3.05, 3.63) is 34.6 Å². The average Bonchev–Trinajstić information content (AvgIpc) is 2.71. The maximum Gasteiger partial charge on any atom is 0.176 e. The van der Waals surface area contributed by atoms with E-state index in [-0.39, 0.29) is 25.0 Å². The molecule has 0 aromatic rings. The van der Waals surface area contributed by atoms with E-state index >= 15 is 0 Å². The number of aliphatic hydroxyl groups excluding tert-OH is 2. The first-order valence-electron chi connectivity index (χ1n) is 8.70. The molecule has 0 aromatic heterocycles. The van der Waals surface area contributed by atoms with Crippen molar-refractivity contribution in [2.45, 2.75) is 59.5 Å². The molecule has 0 saturated carbocycles. The second kappa shape index (κ2) is 8.59. The summed E-state index contributed by atoms with van der Waals surface area (Å²) in [7, 11) is 0. The Morgan fingerprint density at radius 1 is 1.24 bits per heavy atom. The average molecular weight is 350 g/mol. The molecule has 25 heavy (non-hydrogen) atoms. The van der Waals surface area contributed by atoms with Crippen LogP contribution in [0.2, 0.25) is 0 Å². The van der Waals surface area contributed by atoms with Crippen LogP contribution in [0, 0.1) is 11.8 Å². The summed E-state index contributed by atoms with van der Waals surface area (Å²) in [4.78, 5) is 25.1. The number of allylic oxidation sites excluding steroid dienone is 4. The Labute approximate surface area is 149 Å². The van der Waals surface area contributed by atoms with Gasteiger partial charge in [0.2, 0.25) is 0 Å². The molecule has 0 spiro atoms. The summed E-state index contributed by atoms with van der Waals surface area (Å²) in [5.41, 5.74) is -0.271. The zero-order chi connectivity index (χ0) is 19.4. The quantitative estimate of drug-likeness (QED) is 0.462. The van der Waals surface area contributed by atoms with Crippen LogP contribution in [-0.2, 0) is 9.59 Å². The highest BCUT2D eigenvalue weighted by atomic mass is 16.3. The number of ketones is 2. The fourth-order valence-electron chi connectivity index (χ4n) is 2.97. The molecule has 0 aliphatic heterocycles. The summed E-state index contributed by atoms with van der Waals surface area (Å²) in [5.74, 6) is -2.74. The van der Waals surface area contributed by atoms with Gasteiger partial charge in [0.05, 0.1) is 12.5 Å². The molecule has 5 heteroatoms. The van der Waals surface area contributed by atoms with E-state index in [1.807, 2.05) is 19.9 Å². The fraction of sp³-hybridized carbons (Fsp3) is 0.600. The summed E-state index contributed by atoms with van der Waals surface area (Å²) in [5, 5.41) is 30.7. The Kier molecular flexibility index (Phi) is 7.32. The van der Waals surface area contributed by atoms with E-state index in [1.165, 1.54) is 0 Å². The van der Waals surface area contributed by atoms with Gasteiger partial charge in [0.1, 0.15) is 16.9 Å².